The molecule has 1 N–H and O–H groups in total. The van der Waals surface area contributed by atoms with E-state index in [2.05, 4.69) is 22.0 Å². The highest BCUT2D eigenvalue weighted by atomic mass is 35.5. The van der Waals surface area contributed by atoms with E-state index in [0.29, 0.717) is 5.02 Å². The first-order chi connectivity index (χ1) is 13.5. The van der Waals surface area contributed by atoms with Crippen LogP contribution in [-0.4, -0.2) is 50.1 Å². The van der Waals surface area contributed by atoms with Crippen molar-refractivity contribution in [3.63, 3.8) is 0 Å². The Kier molecular flexibility index (Phi) is 6.75. The first-order valence-electron chi connectivity index (χ1n) is 9.35. The summed E-state index contributed by atoms with van der Waals surface area (Å²) in [7, 11) is 1.67. The van der Waals surface area contributed by atoms with Crippen LogP contribution < -0.4 is 15.0 Å². The molecule has 0 saturated carbocycles. The summed E-state index contributed by atoms with van der Waals surface area (Å²) in [6, 6.07) is 12.3. The van der Waals surface area contributed by atoms with Gasteiger partial charge in [-0.3, -0.25) is 9.69 Å². The second-order valence-electron chi connectivity index (χ2n) is 6.94. The number of anilines is 2. The number of nitrogens with zero attached hydrogens (tertiary/aromatic N) is 2. The van der Waals surface area contributed by atoms with Crippen LogP contribution in [0.2, 0.25) is 5.02 Å². The number of rotatable bonds is 5. The van der Waals surface area contributed by atoms with Gasteiger partial charge in [0.1, 0.15) is 11.6 Å². The van der Waals surface area contributed by atoms with Crippen LogP contribution in [0.4, 0.5) is 15.8 Å². The molecule has 2 aromatic carbocycles. The number of methoxy groups -OCH3 is 1. The molecule has 28 heavy (non-hydrogen) atoms. The summed E-state index contributed by atoms with van der Waals surface area (Å²) in [4.78, 5) is 16.9. The Bertz CT molecular complexity index is 833. The summed E-state index contributed by atoms with van der Waals surface area (Å²) >= 11 is 5.89. The highest BCUT2D eigenvalue weighted by Crippen LogP contribution is 2.29. The Labute approximate surface area is 170 Å². The highest BCUT2D eigenvalue weighted by Gasteiger charge is 2.24. The van der Waals surface area contributed by atoms with Gasteiger partial charge in [-0.1, -0.05) is 23.7 Å². The van der Waals surface area contributed by atoms with Crippen molar-refractivity contribution in [2.24, 2.45) is 0 Å². The van der Waals surface area contributed by atoms with E-state index in [1.54, 1.807) is 7.11 Å². The van der Waals surface area contributed by atoms with Crippen LogP contribution in [0.1, 0.15) is 13.3 Å². The normalized spacial score (nSPS) is 17.9. The van der Waals surface area contributed by atoms with Gasteiger partial charge < -0.3 is 15.0 Å². The van der Waals surface area contributed by atoms with Crippen molar-refractivity contribution in [1.82, 2.24) is 4.90 Å². The maximum Gasteiger partial charge on any atom is 0.238 e. The molecule has 5 nitrogen and oxygen atoms in total. The average Bonchev–Trinajstić information content (AvgIpc) is 2.86. The highest BCUT2D eigenvalue weighted by molar-refractivity contribution is 6.30. The third kappa shape index (κ3) is 4.94. The Morgan fingerprint density at radius 3 is 2.82 bits per heavy atom. The van der Waals surface area contributed by atoms with Gasteiger partial charge in [0.25, 0.3) is 0 Å². The quantitative estimate of drug-likeness (QED) is 0.815. The molecule has 1 atom stereocenters. The van der Waals surface area contributed by atoms with Crippen molar-refractivity contribution < 1.29 is 13.9 Å². The molecule has 3 rings (SSSR count). The summed E-state index contributed by atoms with van der Waals surface area (Å²) in [5.74, 6) is 0.0977. The smallest absolute Gasteiger partial charge is 0.238 e. The van der Waals surface area contributed by atoms with Gasteiger partial charge in [-0.05, 0) is 43.7 Å². The minimum Gasteiger partial charge on any atom is -0.495 e. The zero-order valence-electron chi connectivity index (χ0n) is 16.1. The molecule has 0 radical (unpaired) electrons. The molecule has 7 heteroatoms. The summed E-state index contributed by atoms with van der Waals surface area (Å²) in [5, 5.41) is 3.01. The number of para-hydroxylation sites is 2. The summed E-state index contributed by atoms with van der Waals surface area (Å²) < 4.78 is 19.3. The molecule has 1 aliphatic heterocycles. The lowest BCUT2D eigenvalue weighted by atomic mass is 10.2. The third-order valence-electron chi connectivity index (χ3n) is 5.07. The van der Waals surface area contributed by atoms with E-state index >= 15 is 0 Å². The van der Waals surface area contributed by atoms with Gasteiger partial charge in [0.15, 0.2) is 0 Å². The molecule has 1 fully saturated rings. The van der Waals surface area contributed by atoms with E-state index in [1.165, 1.54) is 18.2 Å². The Hall–Kier alpha value is -2.31. The molecule has 1 saturated heterocycles. The lowest BCUT2D eigenvalue weighted by molar-refractivity contribution is -0.117. The fourth-order valence-electron chi connectivity index (χ4n) is 3.44. The zero-order chi connectivity index (χ0) is 20.1. The van der Waals surface area contributed by atoms with Gasteiger partial charge in [0.05, 0.1) is 25.0 Å². The fraction of sp³-hybridized carbons (Fsp3) is 0.381. The molecule has 1 aliphatic rings. The predicted molar refractivity (Wildman–Crippen MR) is 111 cm³/mol. The Morgan fingerprint density at radius 1 is 1.25 bits per heavy atom. The molecule has 1 amide bonds. The van der Waals surface area contributed by atoms with Gasteiger partial charge in [0, 0.05) is 30.7 Å². The van der Waals surface area contributed by atoms with Gasteiger partial charge >= 0.3 is 0 Å². The van der Waals surface area contributed by atoms with Gasteiger partial charge in [-0.15, -0.1) is 0 Å². The van der Waals surface area contributed by atoms with Crippen molar-refractivity contribution >= 4 is 28.9 Å². The van der Waals surface area contributed by atoms with Gasteiger partial charge in [-0.25, -0.2) is 4.39 Å². The van der Waals surface area contributed by atoms with E-state index in [-0.39, 0.29) is 24.2 Å². The second kappa shape index (κ2) is 9.26. The number of amides is 1. The fourth-order valence-corrected chi connectivity index (χ4v) is 3.61. The van der Waals surface area contributed by atoms with Crippen molar-refractivity contribution in [1.29, 1.82) is 0 Å². The number of nitrogens with one attached hydrogen (secondary N) is 1. The number of hydrogen-bond acceptors (Lipinski definition) is 4. The molecule has 2 aromatic rings. The molecule has 1 heterocycles. The zero-order valence-corrected chi connectivity index (χ0v) is 16.9. The molecular weight excluding hydrogens is 381 g/mol. The van der Waals surface area contributed by atoms with Crippen LogP contribution in [0.15, 0.2) is 42.5 Å². The number of ether oxygens (including phenoxy) is 1. The van der Waals surface area contributed by atoms with Gasteiger partial charge in [-0.2, -0.15) is 0 Å². The van der Waals surface area contributed by atoms with E-state index in [1.807, 2.05) is 24.3 Å². The van der Waals surface area contributed by atoms with Gasteiger partial charge in [0.2, 0.25) is 5.91 Å². The minimum absolute atomic E-state index is 0.107. The molecule has 0 spiro atoms. The number of carbonyl (C=O) groups is 1. The van der Waals surface area contributed by atoms with Crippen LogP contribution in [0.5, 0.6) is 5.75 Å². The monoisotopic (exact) mass is 405 g/mol. The van der Waals surface area contributed by atoms with Crippen molar-refractivity contribution in [2.45, 2.75) is 19.4 Å². The first kappa shape index (κ1) is 20.4. The number of hydrogen-bond donors (Lipinski definition) is 1. The number of benzene rings is 2. The van der Waals surface area contributed by atoms with Crippen LogP contribution in [0, 0.1) is 5.82 Å². The molecular formula is C21H25ClFN3O2. The predicted octanol–water partition coefficient (Wildman–Crippen LogP) is 4.03. The topological polar surface area (TPSA) is 44.8 Å². The standard InChI is InChI=1S/C21H25ClFN3O2/c1-15-9-10-25(19-5-3-4-6-20(19)28-2)11-12-26(15)14-21(27)24-18-13-16(22)7-8-17(18)23/h3-8,13,15H,9-12,14H2,1-2H3,(H,24,27). The van der Waals surface area contributed by atoms with Crippen molar-refractivity contribution in [3.8, 4) is 5.75 Å². The average molecular weight is 406 g/mol. The SMILES string of the molecule is COc1ccccc1N1CCC(C)N(CC(=O)Nc2cc(Cl)ccc2F)CC1. The van der Waals surface area contributed by atoms with Crippen LogP contribution in [0.25, 0.3) is 0 Å². The summed E-state index contributed by atoms with van der Waals surface area (Å²) in [5.41, 5.74) is 1.17. The maximum atomic E-state index is 13.9. The number of carbonyl (C=O) groups excluding carboxylic acids is 1. The third-order valence-corrected chi connectivity index (χ3v) is 5.31. The van der Waals surface area contributed by atoms with E-state index in [4.69, 9.17) is 16.3 Å². The van der Waals surface area contributed by atoms with E-state index in [0.717, 1.165) is 37.5 Å². The maximum absolute atomic E-state index is 13.9. The molecule has 0 aliphatic carbocycles. The minimum atomic E-state index is -0.496. The summed E-state index contributed by atoms with van der Waals surface area (Å²) in [6.45, 7) is 4.70. The lowest BCUT2D eigenvalue weighted by Gasteiger charge is -2.26. The first-order valence-corrected chi connectivity index (χ1v) is 9.72. The van der Waals surface area contributed by atoms with E-state index in [9.17, 15) is 9.18 Å². The Balaban J connectivity index is 1.63. The molecule has 0 bridgehead atoms. The van der Waals surface area contributed by atoms with Crippen molar-refractivity contribution in [3.05, 3.63) is 53.3 Å². The van der Waals surface area contributed by atoms with E-state index < -0.39 is 5.82 Å². The second-order valence-corrected chi connectivity index (χ2v) is 7.38. The molecule has 150 valence electrons. The van der Waals surface area contributed by atoms with Crippen LogP contribution >= 0.6 is 11.6 Å². The number of halogens is 2. The molecule has 0 aromatic heterocycles. The van der Waals surface area contributed by atoms with Crippen LogP contribution in [-0.2, 0) is 4.79 Å². The Morgan fingerprint density at radius 2 is 2.04 bits per heavy atom. The largest absolute Gasteiger partial charge is 0.495 e. The van der Waals surface area contributed by atoms with Crippen molar-refractivity contribution in [2.75, 3.05) is 43.5 Å². The summed E-state index contributed by atoms with van der Waals surface area (Å²) in [6.07, 6.45) is 0.914. The van der Waals surface area contributed by atoms with Crippen LogP contribution in [0.3, 0.4) is 0 Å². The lowest BCUT2D eigenvalue weighted by Crippen LogP contribution is -2.40. The molecule has 1 unspecified atom stereocenters.